The Bertz CT molecular complexity index is 911. The Morgan fingerprint density at radius 2 is 1.96 bits per heavy atom. The predicted octanol–water partition coefficient (Wildman–Crippen LogP) is 2.63. The summed E-state index contributed by atoms with van der Waals surface area (Å²) in [5.74, 6) is -0.489. The minimum absolute atomic E-state index is 0.0726. The SMILES string of the molecule is Cc1nn(C)c(C)c1[C@H]1[C@@H]2CCCC=C2C(C#N)=C(N)C1(C#N)C#N. The number of fused-ring (bicyclic) bond motifs is 1. The van der Waals surface area contributed by atoms with Gasteiger partial charge < -0.3 is 5.73 Å². The number of hydrogen-bond donors (Lipinski definition) is 1. The van der Waals surface area contributed by atoms with Crippen LogP contribution in [0.1, 0.15) is 42.1 Å². The molecule has 2 atom stereocenters. The fourth-order valence-electron chi connectivity index (χ4n) is 4.42. The molecule has 1 aromatic rings. The first-order valence-corrected chi connectivity index (χ1v) is 8.36. The highest BCUT2D eigenvalue weighted by Crippen LogP contribution is 2.56. The lowest BCUT2D eigenvalue weighted by molar-refractivity contribution is 0.315. The minimum atomic E-state index is -1.55. The highest BCUT2D eigenvalue weighted by molar-refractivity contribution is 5.59. The Morgan fingerprint density at radius 3 is 2.48 bits per heavy atom. The normalized spacial score (nSPS) is 24.6. The van der Waals surface area contributed by atoms with Crippen molar-refractivity contribution in [2.24, 2.45) is 24.1 Å². The van der Waals surface area contributed by atoms with Gasteiger partial charge in [0.2, 0.25) is 0 Å². The van der Waals surface area contributed by atoms with Crippen molar-refractivity contribution in [2.45, 2.75) is 39.0 Å². The number of nitriles is 3. The largest absolute Gasteiger partial charge is 0.399 e. The molecule has 3 rings (SSSR count). The van der Waals surface area contributed by atoms with Gasteiger partial charge in [-0.2, -0.15) is 20.9 Å². The molecule has 0 radical (unpaired) electrons. The molecule has 0 fully saturated rings. The van der Waals surface area contributed by atoms with E-state index in [1.165, 1.54) is 0 Å². The zero-order valence-electron chi connectivity index (χ0n) is 14.7. The molecule has 6 heteroatoms. The summed E-state index contributed by atoms with van der Waals surface area (Å²) in [6.07, 6.45) is 4.73. The van der Waals surface area contributed by atoms with Gasteiger partial charge in [0.05, 0.1) is 29.1 Å². The van der Waals surface area contributed by atoms with E-state index >= 15 is 0 Å². The maximum absolute atomic E-state index is 9.99. The van der Waals surface area contributed by atoms with Crippen LogP contribution >= 0.6 is 0 Å². The molecule has 126 valence electrons. The number of rotatable bonds is 1. The summed E-state index contributed by atoms with van der Waals surface area (Å²) in [5, 5.41) is 34.1. The third kappa shape index (κ3) is 2.10. The van der Waals surface area contributed by atoms with Crippen molar-refractivity contribution in [2.75, 3.05) is 0 Å². The van der Waals surface area contributed by atoms with E-state index in [9.17, 15) is 15.8 Å². The third-order valence-corrected chi connectivity index (χ3v) is 5.68. The molecule has 0 aliphatic heterocycles. The molecule has 0 saturated heterocycles. The number of allylic oxidation sites excluding steroid dienone is 4. The average molecular weight is 332 g/mol. The number of aryl methyl sites for hydroxylation is 2. The smallest absolute Gasteiger partial charge is 0.191 e. The quantitative estimate of drug-likeness (QED) is 0.848. The molecule has 1 aromatic heterocycles. The van der Waals surface area contributed by atoms with Crippen molar-refractivity contribution in [1.29, 1.82) is 15.8 Å². The lowest BCUT2D eigenvalue weighted by Crippen LogP contribution is -2.43. The standard InChI is InChI=1S/C19H20N6/c1-11-16(12(2)25(3)24-11)17-14-7-5-4-6-13(14)15(8-20)18(23)19(17,9-21)10-22/h6,14,17H,4-5,7,23H2,1-3H3/t14-,17-/m1/s1. The summed E-state index contributed by atoms with van der Waals surface area (Å²) < 4.78 is 1.77. The van der Waals surface area contributed by atoms with Gasteiger partial charge in [-0.05, 0) is 44.6 Å². The molecule has 2 aliphatic carbocycles. The molecule has 0 bridgehead atoms. The summed E-state index contributed by atoms with van der Waals surface area (Å²) in [7, 11) is 1.85. The lowest BCUT2D eigenvalue weighted by Gasteiger charge is -2.43. The molecule has 0 amide bonds. The van der Waals surface area contributed by atoms with E-state index in [2.05, 4.69) is 23.3 Å². The second-order valence-electron chi connectivity index (χ2n) is 6.81. The number of nitrogens with zero attached hydrogens (tertiary/aromatic N) is 5. The lowest BCUT2D eigenvalue weighted by atomic mass is 9.56. The van der Waals surface area contributed by atoms with E-state index in [4.69, 9.17) is 5.73 Å². The molecule has 2 aliphatic rings. The maximum atomic E-state index is 9.99. The monoisotopic (exact) mass is 332 g/mol. The Hall–Kier alpha value is -3.04. The number of hydrogen-bond acceptors (Lipinski definition) is 5. The fourth-order valence-corrected chi connectivity index (χ4v) is 4.42. The molecule has 0 spiro atoms. The fraction of sp³-hybridized carbons (Fsp3) is 0.474. The van der Waals surface area contributed by atoms with Crippen molar-refractivity contribution < 1.29 is 0 Å². The van der Waals surface area contributed by atoms with E-state index in [1.807, 2.05) is 27.0 Å². The summed E-state index contributed by atoms with van der Waals surface area (Å²) in [6.45, 7) is 3.84. The Balaban J connectivity index is 2.40. The minimum Gasteiger partial charge on any atom is -0.399 e. The van der Waals surface area contributed by atoms with Crippen LogP contribution in [0.4, 0.5) is 0 Å². The van der Waals surface area contributed by atoms with Gasteiger partial charge in [0, 0.05) is 24.2 Å². The number of nitrogens with two attached hydrogens (primary N) is 1. The van der Waals surface area contributed by atoms with Crippen molar-refractivity contribution in [3.63, 3.8) is 0 Å². The molecule has 0 unspecified atom stereocenters. The van der Waals surface area contributed by atoms with E-state index in [-0.39, 0.29) is 11.6 Å². The molecule has 0 aromatic carbocycles. The van der Waals surface area contributed by atoms with Crippen LogP contribution in [0.3, 0.4) is 0 Å². The van der Waals surface area contributed by atoms with Crippen molar-refractivity contribution in [1.82, 2.24) is 9.78 Å². The van der Waals surface area contributed by atoms with Gasteiger partial charge >= 0.3 is 0 Å². The summed E-state index contributed by atoms with van der Waals surface area (Å²) in [5.41, 5.74) is 8.64. The summed E-state index contributed by atoms with van der Waals surface area (Å²) in [4.78, 5) is 0. The first-order valence-electron chi connectivity index (χ1n) is 8.36. The van der Waals surface area contributed by atoms with Crippen molar-refractivity contribution in [3.05, 3.63) is 39.9 Å². The first kappa shape index (κ1) is 16.8. The van der Waals surface area contributed by atoms with Crippen LogP contribution in [-0.4, -0.2) is 9.78 Å². The van der Waals surface area contributed by atoms with E-state index in [1.54, 1.807) is 4.68 Å². The van der Waals surface area contributed by atoms with Crippen molar-refractivity contribution in [3.8, 4) is 18.2 Å². The Labute approximate surface area is 147 Å². The zero-order valence-corrected chi connectivity index (χ0v) is 14.7. The van der Waals surface area contributed by atoms with Gasteiger partial charge in [-0.3, -0.25) is 4.68 Å². The molecule has 1 heterocycles. The third-order valence-electron chi connectivity index (χ3n) is 5.68. The van der Waals surface area contributed by atoms with Crippen LogP contribution in [0.25, 0.3) is 0 Å². The van der Waals surface area contributed by atoms with Crippen LogP contribution in [-0.2, 0) is 7.05 Å². The first-order chi connectivity index (χ1) is 11.9. The van der Waals surface area contributed by atoms with Gasteiger partial charge in [0.25, 0.3) is 0 Å². The van der Waals surface area contributed by atoms with Crippen LogP contribution < -0.4 is 5.73 Å². The highest BCUT2D eigenvalue weighted by atomic mass is 15.3. The van der Waals surface area contributed by atoms with Gasteiger partial charge in [0.15, 0.2) is 5.41 Å². The number of aromatic nitrogens is 2. The van der Waals surface area contributed by atoms with Gasteiger partial charge in [-0.25, -0.2) is 0 Å². The van der Waals surface area contributed by atoms with Gasteiger partial charge in [0.1, 0.15) is 6.07 Å². The second-order valence-corrected chi connectivity index (χ2v) is 6.81. The predicted molar refractivity (Wildman–Crippen MR) is 91.3 cm³/mol. The topological polar surface area (TPSA) is 115 Å². The highest BCUT2D eigenvalue weighted by Gasteiger charge is 2.55. The van der Waals surface area contributed by atoms with E-state index in [0.29, 0.717) is 5.57 Å². The molecular formula is C19H20N6. The second kappa shape index (κ2) is 5.80. The Kier molecular flexibility index (Phi) is 3.90. The summed E-state index contributed by atoms with van der Waals surface area (Å²) >= 11 is 0. The van der Waals surface area contributed by atoms with Crippen LogP contribution in [0.15, 0.2) is 22.9 Å². The van der Waals surface area contributed by atoms with Crippen molar-refractivity contribution >= 4 is 0 Å². The van der Waals surface area contributed by atoms with Gasteiger partial charge in [-0.15, -0.1) is 0 Å². The average Bonchev–Trinajstić information content (AvgIpc) is 2.86. The maximum Gasteiger partial charge on any atom is 0.191 e. The molecule has 2 N–H and O–H groups in total. The molecule has 25 heavy (non-hydrogen) atoms. The van der Waals surface area contributed by atoms with E-state index in [0.717, 1.165) is 41.8 Å². The van der Waals surface area contributed by atoms with Crippen LogP contribution in [0.5, 0.6) is 0 Å². The Morgan fingerprint density at radius 1 is 1.28 bits per heavy atom. The van der Waals surface area contributed by atoms with Gasteiger partial charge in [-0.1, -0.05) is 6.08 Å². The van der Waals surface area contributed by atoms with E-state index < -0.39 is 11.3 Å². The molecule has 6 nitrogen and oxygen atoms in total. The van der Waals surface area contributed by atoms with Crippen LogP contribution in [0.2, 0.25) is 0 Å². The molecular weight excluding hydrogens is 312 g/mol. The molecule has 0 saturated carbocycles. The summed E-state index contributed by atoms with van der Waals surface area (Å²) in [6, 6.07) is 6.48. The van der Waals surface area contributed by atoms with Crippen LogP contribution in [0, 0.1) is 59.2 Å². The zero-order chi connectivity index (χ0) is 18.4.